The molecular weight excluding hydrogens is 344 g/mol. The summed E-state index contributed by atoms with van der Waals surface area (Å²) in [5.74, 6) is 0. The molecule has 0 bridgehead atoms. The maximum Gasteiger partial charge on any atom is 0.0178 e. The van der Waals surface area contributed by atoms with Crippen LogP contribution in [0, 0.1) is 0 Å². The zero-order chi connectivity index (χ0) is 16.8. The van der Waals surface area contributed by atoms with Crippen molar-refractivity contribution >= 4 is 21.5 Å². The summed E-state index contributed by atoms with van der Waals surface area (Å²) in [6.45, 7) is 11.4. The van der Waals surface area contributed by atoms with Crippen molar-refractivity contribution in [3.8, 4) is 0 Å². The predicted octanol–water partition coefficient (Wildman–Crippen LogP) is 6.86. The molecule has 0 fully saturated rings. The van der Waals surface area contributed by atoms with Gasteiger partial charge in [0.05, 0.1) is 0 Å². The van der Waals surface area contributed by atoms with Crippen molar-refractivity contribution in [3.63, 3.8) is 0 Å². The summed E-state index contributed by atoms with van der Waals surface area (Å²) in [6, 6.07) is 15.8. The van der Waals surface area contributed by atoms with E-state index in [1.54, 1.807) is 0 Å². The van der Waals surface area contributed by atoms with Crippen LogP contribution in [0.3, 0.4) is 0 Å². The smallest absolute Gasteiger partial charge is 0.0178 e. The fourth-order valence-electron chi connectivity index (χ4n) is 3.31. The Morgan fingerprint density at radius 3 is 2.22 bits per heavy atom. The molecule has 120 valence electrons. The SMILES string of the molecule is CC(C)(C)c1ccc(C2=CCC(C)(C)c3cc(Br)ccc32)cc1. The minimum absolute atomic E-state index is 0.188. The maximum absolute atomic E-state index is 3.63. The third-order valence-corrected chi connectivity index (χ3v) is 5.37. The van der Waals surface area contributed by atoms with Gasteiger partial charge in [-0.2, -0.15) is 0 Å². The molecule has 0 amide bonds. The second-order valence-corrected chi connectivity index (χ2v) is 9.14. The second-order valence-electron chi connectivity index (χ2n) is 8.22. The lowest BCUT2D eigenvalue weighted by molar-refractivity contribution is 0.527. The Morgan fingerprint density at radius 1 is 0.957 bits per heavy atom. The highest BCUT2D eigenvalue weighted by atomic mass is 79.9. The van der Waals surface area contributed by atoms with Gasteiger partial charge in [-0.1, -0.05) is 87.0 Å². The lowest BCUT2D eigenvalue weighted by atomic mass is 9.72. The van der Waals surface area contributed by atoms with Gasteiger partial charge in [-0.3, -0.25) is 0 Å². The summed E-state index contributed by atoms with van der Waals surface area (Å²) < 4.78 is 1.16. The van der Waals surface area contributed by atoms with Gasteiger partial charge in [0.15, 0.2) is 0 Å². The van der Waals surface area contributed by atoms with Gasteiger partial charge in [0.25, 0.3) is 0 Å². The van der Waals surface area contributed by atoms with E-state index in [9.17, 15) is 0 Å². The van der Waals surface area contributed by atoms with Crippen LogP contribution in [-0.4, -0.2) is 0 Å². The average Bonchev–Trinajstić information content (AvgIpc) is 2.47. The number of rotatable bonds is 1. The van der Waals surface area contributed by atoms with Crippen LogP contribution in [0.4, 0.5) is 0 Å². The van der Waals surface area contributed by atoms with E-state index in [4.69, 9.17) is 0 Å². The van der Waals surface area contributed by atoms with Crippen LogP contribution in [-0.2, 0) is 10.8 Å². The Hall–Kier alpha value is -1.34. The fraction of sp³-hybridized carbons (Fsp3) is 0.364. The number of hydrogen-bond acceptors (Lipinski definition) is 0. The molecule has 0 aromatic heterocycles. The quantitative estimate of drug-likeness (QED) is 0.515. The third-order valence-electron chi connectivity index (χ3n) is 4.88. The number of hydrogen-bond donors (Lipinski definition) is 0. The summed E-state index contributed by atoms with van der Waals surface area (Å²) >= 11 is 3.63. The van der Waals surface area contributed by atoms with Crippen LogP contribution in [0.1, 0.15) is 63.3 Å². The van der Waals surface area contributed by atoms with Gasteiger partial charge in [-0.15, -0.1) is 0 Å². The lowest BCUT2D eigenvalue weighted by Crippen LogP contribution is -2.21. The van der Waals surface area contributed by atoms with E-state index in [1.165, 1.54) is 27.8 Å². The van der Waals surface area contributed by atoms with Crippen LogP contribution < -0.4 is 0 Å². The van der Waals surface area contributed by atoms with Crippen molar-refractivity contribution in [2.45, 2.75) is 51.9 Å². The molecule has 0 unspecified atom stereocenters. The molecule has 0 saturated carbocycles. The average molecular weight is 369 g/mol. The normalized spacial score (nSPS) is 16.7. The van der Waals surface area contributed by atoms with Crippen LogP contribution >= 0.6 is 15.9 Å². The molecule has 0 heterocycles. The molecule has 1 aliphatic rings. The summed E-state index contributed by atoms with van der Waals surface area (Å²) in [5, 5.41) is 0. The van der Waals surface area contributed by atoms with E-state index in [-0.39, 0.29) is 10.8 Å². The highest BCUT2D eigenvalue weighted by Gasteiger charge is 2.28. The molecule has 0 N–H and O–H groups in total. The minimum Gasteiger partial charge on any atom is -0.0752 e. The number of benzene rings is 2. The van der Waals surface area contributed by atoms with Gasteiger partial charge in [-0.05, 0) is 57.2 Å². The van der Waals surface area contributed by atoms with Crippen molar-refractivity contribution in [1.29, 1.82) is 0 Å². The molecule has 2 aromatic rings. The van der Waals surface area contributed by atoms with Crippen LogP contribution in [0.2, 0.25) is 0 Å². The molecule has 0 saturated heterocycles. The summed E-state index contributed by atoms with van der Waals surface area (Å²) in [7, 11) is 0. The highest BCUT2D eigenvalue weighted by molar-refractivity contribution is 9.10. The topological polar surface area (TPSA) is 0 Å². The van der Waals surface area contributed by atoms with E-state index in [0.29, 0.717) is 0 Å². The zero-order valence-corrected chi connectivity index (χ0v) is 16.3. The van der Waals surface area contributed by atoms with E-state index < -0.39 is 0 Å². The zero-order valence-electron chi connectivity index (χ0n) is 14.7. The lowest BCUT2D eigenvalue weighted by Gasteiger charge is -2.32. The first-order valence-corrected chi connectivity index (χ1v) is 9.09. The first kappa shape index (κ1) is 16.5. The van der Waals surface area contributed by atoms with E-state index in [1.807, 2.05) is 0 Å². The Balaban J connectivity index is 2.07. The van der Waals surface area contributed by atoms with Gasteiger partial charge < -0.3 is 0 Å². The summed E-state index contributed by atoms with van der Waals surface area (Å²) in [6.07, 6.45) is 3.48. The minimum atomic E-state index is 0.188. The number of halogens is 1. The molecule has 0 spiro atoms. The Bertz CT molecular complexity index is 756. The highest BCUT2D eigenvalue weighted by Crippen LogP contribution is 2.42. The molecule has 23 heavy (non-hydrogen) atoms. The third kappa shape index (κ3) is 3.17. The molecule has 1 heteroatoms. The molecule has 0 atom stereocenters. The van der Waals surface area contributed by atoms with Crippen molar-refractivity contribution in [3.05, 3.63) is 75.3 Å². The monoisotopic (exact) mass is 368 g/mol. The number of fused-ring (bicyclic) bond motifs is 1. The number of allylic oxidation sites excluding steroid dienone is 1. The Morgan fingerprint density at radius 2 is 1.61 bits per heavy atom. The summed E-state index contributed by atoms with van der Waals surface area (Å²) in [4.78, 5) is 0. The Labute approximate surface area is 148 Å². The van der Waals surface area contributed by atoms with E-state index >= 15 is 0 Å². The van der Waals surface area contributed by atoms with Crippen molar-refractivity contribution < 1.29 is 0 Å². The molecule has 2 aromatic carbocycles. The molecule has 0 aliphatic heterocycles. The maximum atomic E-state index is 3.63. The standard InChI is InChI=1S/C22H25Br/c1-21(2,3)16-8-6-15(7-9-16)18-12-13-22(4,5)20-14-17(23)10-11-19(18)20/h6-12,14H,13H2,1-5H3. The molecule has 0 nitrogen and oxygen atoms in total. The van der Waals surface area contributed by atoms with E-state index in [2.05, 4.69) is 99.1 Å². The molecule has 0 radical (unpaired) electrons. The van der Waals surface area contributed by atoms with Gasteiger partial charge in [-0.25, -0.2) is 0 Å². The molecular formula is C22H25Br. The van der Waals surface area contributed by atoms with Crippen molar-refractivity contribution in [2.24, 2.45) is 0 Å². The first-order valence-electron chi connectivity index (χ1n) is 8.30. The molecule has 1 aliphatic carbocycles. The largest absolute Gasteiger partial charge is 0.0752 e. The van der Waals surface area contributed by atoms with E-state index in [0.717, 1.165) is 10.9 Å². The van der Waals surface area contributed by atoms with Crippen molar-refractivity contribution in [2.75, 3.05) is 0 Å². The first-order chi connectivity index (χ1) is 10.7. The van der Waals surface area contributed by atoms with Gasteiger partial charge >= 0.3 is 0 Å². The summed E-state index contributed by atoms with van der Waals surface area (Å²) in [5.41, 5.74) is 7.26. The second kappa shape index (κ2) is 5.63. The van der Waals surface area contributed by atoms with Gasteiger partial charge in [0.1, 0.15) is 0 Å². The molecule has 3 rings (SSSR count). The Kier molecular flexibility index (Phi) is 4.04. The van der Waals surface area contributed by atoms with Crippen LogP contribution in [0.5, 0.6) is 0 Å². The van der Waals surface area contributed by atoms with Crippen LogP contribution in [0.15, 0.2) is 53.0 Å². The van der Waals surface area contributed by atoms with Crippen LogP contribution in [0.25, 0.3) is 5.57 Å². The van der Waals surface area contributed by atoms with Crippen molar-refractivity contribution in [1.82, 2.24) is 0 Å². The predicted molar refractivity (Wildman–Crippen MR) is 104 cm³/mol. The van der Waals surface area contributed by atoms with Gasteiger partial charge in [0.2, 0.25) is 0 Å². The fourth-order valence-corrected chi connectivity index (χ4v) is 3.67. The van der Waals surface area contributed by atoms with Gasteiger partial charge in [0, 0.05) is 4.47 Å².